The molecule has 1 aliphatic rings. The second kappa shape index (κ2) is 7.21. The van der Waals surface area contributed by atoms with Gasteiger partial charge in [0.2, 0.25) is 0 Å². The van der Waals surface area contributed by atoms with Gasteiger partial charge in [0.25, 0.3) is 5.91 Å². The molecule has 2 N–H and O–H groups in total. The molecule has 2 rings (SSSR count). The lowest BCUT2D eigenvalue weighted by atomic mass is 9.77. The normalized spacial score (nSPS) is 22.8. The maximum absolute atomic E-state index is 12.4. The lowest BCUT2D eigenvalue weighted by Gasteiger charge is -2.44. The first-order valence-electron chi connectivity index (χ1n) is 8.17. The van der Waals surface area contributed by atoms with Crippen molar-refractivity contribution in [2.45, 2.75) is 39.8 Å². The van der Waals surface area contributed by atoms with Gasteiger partial charge in [0, 0.05) is 5.69 Å². The number of carbonyl (C=O) groups excluding carboxylic acids is 1. The Labute approximate surface area is 142 Å². The van der Waals surface area contributed by atoms with E-state index in [1.165, 1.54) is 4.90 Å². The minimum atomic E-state index is -1.02. The van der Waals surface area contributed by atoms with E-state index in [1.807, 2.05) is 25.1 Å². The molecule has 1 aromatic rings. The third-order valence-corrected chi connectivity index (χ3v) is 4.75. The van der Waals surface area contributed by atoms with Crippen LogP contribution >= 0.6 is 0 Å². The Kier molecular flexibility index (Phi) is 5.49. The summed E-state index contributed by atoms with van der Waals surface area (Å²) in [6.45, 7) is 8.51. The average Bonchev–Trinajstić information content (AvgIpc) is 2.53. The molecule has 6 nitrogen and oxygen atoms in total. The number of nitrogens with one attached hydrogen (secondary N) is 1. The average molecular weight is 334 g/mol. The number of para-hydroxylation sites is 1. The van der Waals surface area contributed by atoms with Crippen LogP contribution in [0.5, 0.6) is 0 Å². The Morgan fingerprint density at radius 2 is 1.92 bits per heavy atom. The van der Waals surface area contributed by atoms with Gasteiger partial charge in [-0.15, -0.1) is 0 Å². The van der Waals surface area contributed by atoms with Crippen molar-refractivity contribution < 1.29 is 19.4 Å². The van der Waals surface area contributed by atoms with E-state index >= 15 is 0 Å². The van der Waals surface area contributed by atoms with Crippen molar-refractivity contribution in [1.29, 1.82) is 0 Å². The van der Waals surface area contributed by atoms with E-state index in [0.717, 1.165) is 0 Å². The van der Waals surface area contributed by atoms with Gasteiger partial charge in [0.1, 0.15) is 0 Å². The van der Waals surface area contributed by atoms with Crippen LogP contribution in [-0.2, 0) is 9.53 Å². The van der Waals surface area contributed by atoms with Crippen LogP contribution in [0.4, 0.5) is 10.5 Å². The largest absolute Gasteiger partial charge is 0.465 e. The van der Waals surface area contributed by atoms with Gasteiger partial charge >= 0.3 is 6.09 Å². The minimum Gasteiger partial charge on any atom is -0.465 e. The van der Waals surface area contributed by atoms with E-state index in [0.29, 0.717) is 5.69 Å². The fourth-order valence-corrected chi connectivity index (χ4v) is 2.79. The molecular formula is C18H26N2O4. The van der Waals surface area contributed by atoms with Crippen LogP contribution in [0.15, 0.2) is 30.3 Å². The van der Waals surface area contributed by atoms with Crippen molar-refractivity contribution in [2.24, 2.45) is 11.3 Å². The molecule has 1 saturated heterocycles. The molecule has 132 valence electrons. The monoisotopic (exact) mass is 334 g/mol. The van der Waals surface area contributed by atoms with Crippen molar-refractivity contribution in [1.82, 2.24) is 4.90 Å². The van der Waals surface area contributed by atoms with Crippen LogP contribution in [0, 0.1) is 11.3 Å². The summed E-state index contributed by atoms with van der Waals surface area (Å²) in [5, 5.41) is 12.3. The van der Waals surface area contributed by atoms with Crippen molar-refractivity contribution in [3.8, 4) is 0 Å². The van der Waals surface area contributed by atoms with Gasteiger partial charge in [-0.1, -0.05) is 45.9 Å². The quantitative estimate of drug-likeness (QED) is 0.890. The van der Waals surface area contributed by atoms with E-state index in [2.05, 4.69) is 26.1 Å². The molecule has 0 spiro atoms. The summed E-state index contributed by atoms with van der Waals surface area (Å²) < 4.78 is 5.70. The molecule has 1 fully saturated rings. The first-order chi connectivity index (χ1) is 11.2. The van der Waals surface area contributed by atoms with Crippen LogP contribution in [0.3, 0.4) is 0 Å². The standard InChI is InChI=1S/C18H26N2O4/c1-12(18(2,3)4)14-11-24-15(10-20(14)17(22)23)16(21)19-13-8-6-5-7-9-13/h5-9,12,14-15H,10-11H2,1-4H3,(H,19,21)(H,22,23)/t12?,14-,15-/m0/s1. The number of rotatable bonds is 3. The van der Waals surface area contributed by atoms with Gasteiger partial charge in [-0.3, -0.25) is 9.69 Å². The van der Waals surface area contributed by atoms with Gasteiger partial charge in [-0.2, -0.15) is 0 Å². The number of nitrogens with zero attached hydrogens (tertiary/aromatic N) is 1. The Balaban J connectivity index is 2.07. The molecule has 2 amide bonds. The topological polar surface area (TPSA) is 78.9 Å². The molecule has 0 saturated carbocycles. The molecule has 24 heavy (non-hydrogen) atoms. The summed E-state index contributed by atoms with van der Waals surface area (Å²) in [7, 11) is 0. The Morgan fingerprint density at radius 3 is 2.46 bits per heavy atom. The fraction of sp³-hybridized carbons (Fsp3) is 0.556. The van der Waals surface area contributed by atoms with Crippen molar-refractivity contribution in [3.63, 3.8) is 0 Å². The zero-order valence-electron chi connectivity index (χ0n) is 14.7. The summed E-state index contributed by atoms with van der Waals surface area (Å²) in [5.41, 5.74) is 0.610. The number of ether oxygens (including phenoxy) is 1. The Hall–Kier alpha value is -2.08. The highest BCUT2D eigenvalue weighted by Crippen LogP contribution is 2.33. The van der Waals surface area contributed by atoms with E-state index in [-0.39, 0.29) is 36.4 Å². The molecule has 1 unspecified atom stereocenters. The van der Waals surface area contributed by atoms with Gasteiger partial charge in [-0.05, 0) is 23.5 Å². The Bertz CT molecular complexity index is 582. The maximum Gasteiger partial charge on any atom is 0.407 e. The lowest BCUT2D eigenvalue weighted by Crippen LogP contribution is -2.58. The number of carboxylic acid groups (broad SMARTS) is 1. The molecule has 6 heteroatoms. The van der Waals surface area contributed by atoms with E-state index < -0.39 is 12.2 Å². The third kappa shape index (κ3) is 4.26. The predicted octanol–water partition coefficient (Wildman–Crippen LogP) is 3.05. The van der Waals surface area contributed by atoms with Crippen molar-refractivity contribution in [2.75, 3.05) is 18.5 Å². The van der Waals surface area contributed by atoms with Gasteiger partial charge in [-0.25, -0.2) is 4.79 Å². The highest BCUT2D eigenvalue weighted by molar-refractivity contribution is 5.94. The number of anilines is 1. The number of amides is 2. The molecule has 1 heterocycles. The zero-order valence-corrected chi connectivity index (χ0v) is 14.7. The van der Waals surface area contributed by atoms with Crippen molar-refractivity contribution in [3.05, 3.63) is 30.3 Å². The summed E-state index contributed by atoms with van der Waals surface area (Å²) in [6.07, 6.45) is -1.82. The lowest BCUT2D eigenvalue weighted by molar-refractivity contribution is -0.138. The summed E-state index contributed by atoms with van der Waals surface area (Å²) in [4.78, 5) is 25.4. The third-order valence-electron chi connectivity index (χ3n) is 4.75. The smallest absolute Gasteiger partial charge is 0.407 e. The van der Waals surface area contributed by atoms with Crippen LogP contribution in [-0.4, -0.2) is 47.3 Å². The van der Waals surface area contributed by atoms with E-state index in [9.17, 15) is 14.7 Å². The highest BCUT2D eigenvalue weighted by atomic mass is 16.5. The number of benzene rings is 1. The van der Waals surface area contributed by atoms with Crippen LogP contribution in [0.25, 0.3) is 0 Å². The van der Waals surface area contributed by atoms with E-state index in [1.54, 1.807) is 12.1 Å². The maximum atomic E-state index is 12.4. The van der Waals surface area contributed by atoms with Crippen LogP contribution in [0.2, 0.25) is 0 Å². The minimum absolute atomic E-state index is 0.0408. The Morgan fingerprint density at radius 1 is 1.29 bits per heavy atom. The predicted molar refractivity (Wildman–Crippen MR) is 91.9 cm³/mol. The number of hydrogen-bond acceptors (Lipinski definition) is 3. The van der Waals surface area contributed by atoms with Gasteiger partial charge in [0.15, 0.2) is 6.10 Å². The van der Waals surface area contributed by atoms with Crippen molar-refractivity contribution >= 4 is 17.7 Å². The first-order valence-corrected chi connectivity index (χ1v) is 8.17. The summed E-state index contributed by atoms with van der Waals surface area (Å²) >= 11 is 0. The summed E-state index contributed by atoms with van der Waals surface area (Å²) in [6, 6.07) is 8.80. The molecule has 0 radical (unpaired) electrons. The number of hydrogen-bond donors (Lipinski definition) is 2. The second-order valence-corrected chi connectivity index (χ2v) is 7.33. The number of morpholine rings is 1. The summed E-state index contributed by atoms with van der Waals surface area (Å²) in [5.74, 6) is -0.221. The molecule has 0 aromatic heterocycles. The molecular weight excluding hydrogens is 308 g/mol. The van der Waals surface area contributed by atoms with E-state index in [4.69, 9.17) is 4.74 Å². The zero-order chi connectivity index (χ0) is 17.9. The molecule has 0 bridgehead atoms. The number of carbonyl (C=O) groups is 2. The molecule has 3 atom stereocenters. The highest BCUT2D eigenvalue weighted by Gasteiger charge is 2.41. The molecule has 1 aromatic carbocycles. The van der Waals surface area contributed by atoms with Gasteiger partial charge in [0.05, 0.1) is 19.2 Å². The van der Waals surface area contributed by atoms with Gasteiger partial charge < -0.3 is 15.2 Å². The SMILES string of the molecule is CC([C@@H]1CO[C@H](C(=O)Nc2ccccc2)CN1C(=O)O)C(C)(C)C. The molecule has 1 aliphatic heterocycles. The molecule has 0 aliphatic carbocycles. The first kappa shape index (κ1) is 18.3. The van der Waals surface area contributed by atoms with Crippen LogP contribution in [0.1, 0.15) is 27.7 Å². The fourth-order valence-electron chi connectivity index (χ4n) is 2.79. The second-order valence-electron chi connectivity index (χ2n) is 7.33. The van der Waals surface area contributed by atoms with Crippen LogP contribution < -0.4 is 5.32 Å².